The number of nitrogens with zero attached hydrogens (tertiary/aromatic N) is 2. The van der Waals surface area contributed by atoms with Gasteiger partial charge in [0.05, 0.1) is 6.26 Å². The maximum absolute atomic E-state index is 12.6. The van der Waals surface area contributed by atoms with Crippen LogP contribution < -0.4 is 9.64 Å². The molecule has 1 aliphatic rings. The fraction of sp³-hybridized carbons (Fsp3) is 0.350. The number of carbonyl (C=O) groups excluding carboxylic acids is 1. The second-order valence-electron chi connectivity index (χ2n) is 6.73. The number of hydrogen-bond donors (Lipinski definition) is 0. The maximum atomic E-state index is 12.6. The van der Waals surface area contributed by atoms with Gasteiger partial charge < -0.3 is 9.64 Å². The van der Waals surface area contributed by atoms with Gasteiger partial charge in [0.15, 0.2) is 6.61 Å². The summed E-state index contributed by atoms with van der Waals surface area (Å²) in [5.41, 5.74) is 3.01. The molecule has 0 saturated carbocycles. The number of amides is 1. The number of para-hydroxylation sites is 1. The molecule has 0 bridgehead atoms. The lowest BCUT2D eigenvalue weighted by Crippen LogP contribution is -2.38. The van der Waals surface area contributed by atoms with E-state index >= 15 is 0 Å². The summed E-state index contributed by atoms with van der Waals surface area (Å²) in [5.74, 6) is 0.516. The van der Waals surface area contributed by atoms with Crippen molar-refractivity contribution < 1.29 is 17.9 Å². The van der Waals surface area contributed by atoms with Gasteiger partial charge in [-0.1, -0.05) is 30.3 Å². The number of fused-ring (bicyclic) bond motifs is 1. The Kier molecular flexibility index (Phi) is 5.82. The summed E-state index contributed by atoms with van der Waals surface area (Å²) in [6, 6.07) is 15.1. The molecular formula is C20H24N2O4S. The first-order valence-electron chi connectivity index (χ1n) is 8.86. The first kappa shape index (κ1) is 19.4. The van der Waals surface area contributed by atoms with E-state index in [0.29, 0.717) is 18.8 Å². The maximum Gasteiger partial charge on any atom is 0.264 e. The highest BCUT2D eigenvalue weighted by atomic mass is 32.2. The number of carbonyl (C=O) groups is 1. The molecule has 7 heteroatoms. The van der Waals surface area contributed by atoms with Crippen molar-refractivity contribution in [2.24, 2.45) is 0 Å². The number of sulfonamides is 1. The highest BCUT2D eigenvalue weighted by molar-refractivity contribution is 7.88. The molecule has 1 amide bonds. The van der Waals surface area contributed by atoms with Crippen molar-refractivity contribution >= 4 is 21.6 Å². The number of anilines is 1. The van der Waals surface area contributed by atoms with Crippen LogP contribution in [-0.2, 0) is 27.8 Å². The molecule has 0 aliphatic carbocycles. The largest absolute Gasteiger partial charge is 0.484 e. The Bertz CT molecular complexity index is 910. The van der Waals surface area contributed by atoms with Crippen LogP contribution in [0, 0.1) is 0 Å². The molecule has 144 valence electrons. The van der Waals surface area contributed by atoms with Crippen LogP contribution in [0.1, 0.15) is 17.5 Å². The van der Waals surface area contributed by atoms with Crippen LogP contribution >= 0.6 is 0 Å². The van der Waals surface area contributed by atoms with Gasteiger partial charge in [-0.2, -0.15) is 0 Å². The van der Waals surface area contributed by atoms with E-state index in [1.807, 2.05) is 18.2 Å². The number of aryl methyl sites for hydroxylation is 1. The van der Waals surface area contributed by atoms with Crippen molar-refractivity contribution in [2.45, 2.75) is 19.4 Å². The highest BCUT2D eigenvalue weighted by Gasteiger charge is 2.22. The molecule has 2 aromatic carbocycles. The Morgan fingerprint density at radius 3 is 2.56 bits per heavy atom. The molecular weight excluding hydrogens is 364 g/mol. The number of hydrogen-bond acceptors (Lipinski definition) is 4. The summed E-state index contributed by atoms with van der Waals surface area (Å²) >= 11 is 0. The van der Waals surface area contributed by atoms with Crippen molar-refractivity contribution in [3.05, 3.63) is 59.7 Å². The van der Waals surface area contributed by atoms with Gasteiger partial charge in [-0.05, 0) is 42.2 Å². The Morgan fingerprint density at radius 2 is 1.85 bits per heavy atom. The van der Waals surface area contributed by atoms with Crippen molar-refractivity contribution in [2.75, 3.05) is 31.4 Å². The standard InChI is InChI=1S/C20H24N2O4S/c1-21(27(2,24)25)14-16-9-11-18(12-10-16)26-15-20(23)22-13-5-7-17-6-3-4-8-19(17)22/h3-4,6,8-12H,5,7,13-15H2,1-2H3. The van der Waals surface area contributed by atoms with Gasteiger partial charge in [0, 0.05) is 25.8 Å². The van der Waals surface area contributed by atoms with Gasteiger partial charge in [-0.25, -0.2) is 12.7 Å². The molecule has 0 spiro atoms. The zero-order chi connectivity index (χ0) is 19.4. The van der Waals surface area contributed by atoms with E-state index in [1.165, 1.54) is 23.2 Å². The van der Waals surface area contributed by atoms with E-state index in [4.69, 9.17) is 4.74 Å². The number of benzene rings is 2. The van der Waals surface area contributed by atoms with Crippen LogP contribution in [0.3, 0.4) is 0 Å². The molecule has 3 rings (SSSR count). The van der Waals surface area contributed by atoms with Crippen LogP contribution in [0.2, 0.25) is 0 Å². The van der Waals surface area contributed by atoms with E-state index in [0.717, 1.165) is 24.1 Å². The molecule has 0 saturated heterocycles. The lowest BCUT2D eigenvalue weighted by molar-refractivity contribution is -0.120. The smallest absolute Gasteiger partial charge is 0.264 e. The molecule has 27 heavy (non-hydrogen) atoms. The lowest BCUT2D eigenvalue weighted by Gasteiger charge is -2.29. The van der Waals surface area contributed by atoms with Crippen LogP contribution in [0.15, 0.2) is 48.5 Å². The molecule has 2 aromatic rings. The minimum atomic E-state index is -3.22. The SMILES string of the molecule is CN(Cc1ccc(OCC(=O)N2CCCc3ccccc32)cc1)S(C)(=O)=O. The quantitative estimate of drug-likeness (QED) is 0.762. The fourth-order valence-corrected chi connectivity index (χ4v) is 3.46. The normalized spacial score (nSPS) is 14.1. The molecule has 0 fully saturated rings. The van der Waals surface area contributed by atoms with E-state index in [-0.39, 0.29) is 12.5 Å². The third-order valence-electron chi connectivity index (χ3n) is 4.67. The summed E-state index contributed by atoms with van der Waals surface area (Å²) in [6.07, 6.45) is 3.12. The zero-order valence-electron chi connectivity index (χ0n) is 15.6. The van der Waals surface area contributed by atoms with Gasteiger partial charge >= 0.3 is 0 Å². The van der Waals surface area contributed by atoms with Crippen LogP contribution in [-0.4, -0.2) is 45.1 Å². The van der Waals surface area contributed by atoms with E-state index in [2.05, 4.69) is 6.07 Å². The molecule has 0 atom stereocenters. The van der Waals surface area contributed by atoms with Gasteiger partial charge in [-0.15, -0.1) is 0 Å². The fourth-order valence-electron chi connectivity index (χ4n) is 3.08. The van der Waals surface area contributed by atoms with Crippen molar-refractivity contribution in [3.8, 4) is 5.75 Å². The van der Waals surface area contributed by atoms with Crippen molar-refractivity contribution in [1.82, 2.24) is 4.31 Å². The second kappa shape index (κ2) is 8.10. The van der Waals surface area contributed by atoms with E-state index in [9.17, 15) is 13.2 Å². The number of rotatable bonds is 6. The van der Waals surface area contributed by atoms with Crippen LogP contribution in [0.5, 0.6) is 5.75 Å². The molecule has 0 aromatic heterocycles. The summed E-state index contributed by atoms with van der Waals surface area (Å²) in [7, 11) is -1.68. The summed E-state index contributed by atoms with van der Waals surface area (Å²) in [4.78, 5) is 14.4. The van der Waals surface area contributed by atoms with Crippen LogP contribution in [0.25, 0.3) is 0 Å². The average molecular weight is 388 g/mol. The predicted molar refractivity (Wildman–Crippen MR) is 105 cm³/mol. The third-order valence-corrected chi connectivity index (χ3v) is 5.93. The molecule has 6 nitrogen and oxygen atoms in total. The Morgan fingerprint density at radius 1 is 1.15 bits per heavy atom. The first-order chi connectivity index (χ1) is 12.8. The Hall–Kier alpha value is -2.38. The zero-order valence-corrected chi connectivity index (χ0v) is 16.4. The van der Waals surface area contributed by atoms with Crippen molar-refractivity contribution in [1.29, 1.82) is 0 Å². The monoisotopic (exact) mass is 388 g/mol. The Balaban J connectivity index is 1.58. The van der Waals surface area contributed by atoms with Gasteiger partial charge in [-0.3, -0.25) is 4.79 Å². The molecule has 0 unspecified atom stereocenters. The minimum Gasteiger partial charge on any atom is -0.484 e. The van der Waals surface area contributed by atoms with Crippen LogP contribution in [0.4, 0.5) is 5.69 Å². The molecule has 1 aliphatic heterocycles. The summed E-state index contributed by atoms with van der Waals surface area (Å²) in [5, 5.41) is 0. The van der Waals surface area contributed by atoms with Crippen molar-refractivity contribution in [3.63, 3.8) is 0 Å². The van der Waals surface area contributed by atoms with Gasteiger partial charge in [0.1, 0.15) is 5.75 Å². The van der Waals surface area contributed by atoms with E-state index in [1.54, 1.807) is 29.2 Å². The van der Waals surface area contributed by atoms with Gasteiger partial charge in [0.25, 0.3) is 5.91 Å². The van der Waals surface area contributed by atoms with E-state index < -0.39 is 10.0 Å². The molecule has 1 heterocycles. The summed E-state index contributed by atoms with van der Waals surface area (Å²) < 4.78 is 29.9. The topological polar surface area (TPSA) is 66.9 Å². The second-order valence-corrected chi connectivity index (χ2v) is 8.82. The minimum absolute atomic E-state index is 0.0308. The molecule has 0 radical (unpaired) electrons. The average Bonchev–Trinajstić information content (AvgIpc) is 2.66. The Labute approximate surface area is 160 Å². The third kappa shape index (κ3) is 4.87. The lowest BCUT2D eigenvalue weighted by atomic mass is 10.0. The first-order valence-corrected chi connectivity index (χ1v) is 10.7. The molecule has 0 N–H and O–H groups in total. The highest BCUT2D eigenvalue weighted by Crippen LogP contribution is 2.26. The summed E-state index contributed by atoms with van der Waals surface area (Å²) in [6.45, 7) is 0.968. The van der Waals surface area contributed by atoms with Gasteiger partial charge in [0.2, 0.25) is 10.0 Å². The predicted octanol–water partition coefficient (Wildman–Crippen LogP) is 2.44. The number of ether oxygens (including phenoxy) is 1.